The van der Waals surface area contributed by atoms with Gasteiger partial charge < -0.3 is 5.32 Å². The van der Waals surface area contributed by atoms with Gasteiger partial charge in [-0.1, -0.05) is 0 Å². The summed E-state index contributed by atoms with van der Waals surface area (Å²) < 4.78 is 91.3. The number of rotatable bonds is 4. The second-order valence-electron chi connectivity index (χ2n) is 5.58. The molecule has 2 nitrogen and oxygen atoms in total. The summed E-state index contributed by atoms with van der Waals surface area (Å²) in [6, 6.07) is 0.309. The maximum atomic E-state index is 13.2. The molecule has 0 aromatic heterocycles. The van der Waals surface area contributed by atoms with Crippen molar-refractivity contribution in [3.8, 4) is 0 Å². The Labute approximate surface area is 146 Å². The van der Waals surface area contributed by atoms with Crippen LogP contribution >= 0.6 is 12.4 Å². The van der Waals surface area contributed by atoms with Crippen molar-refractivity contribution in [3.05, 3.63) is 34.9 Å². The normalized spacial score (nSPS) is 17.9. The monoisotopic (exact) mass is 394 g/mol. The van der Waals surface area contributed by atoms with Crippen LogP contribution in [0.5, 0.6) is 0 Å². The number of hydrogen-bond acceptors (Lipinski definition) is 2. The van der Waals surface area contributed by atoms with Gasteiger partial charge in [0.25, 0.3) is 0 Å². The van der Waals surface area contributed by atoms with E-state index in [1.807, 2.05) is 0 Å². The summed E-state index contributed by atoms with van der Waals surface area (Å²) >= 11 is 0. The zero-order valence-electron chi connectivity index (χ0n) is 13.1. The van der Waals surface area contributed by atoms with Gasteiger partial charge in [0.05, 0.1) is 17.8 Å². The SMILES string of the molecule is Cl.FCC[C@H](c1cc(C(F)(F)F)ccc1C(F)(F)F)N1CCNCC1. The van der Waals surface area contributed by atoms with Gasteiger partial charge in [0.15, 0.2) is 0 Å². The summed E-state index contributed by atoms with van der Waals surface area (Å²) in [6.07, 6.45) is -9.85. The molecule has 25 heavy (non-hydrogen) atoms. The van der Waals surface area contributed by atoms with E-state index >= 15 is 0 Å². The molecule has 0 bridgehead atoms. The number of benzene rings is 1. The highest BCUT2D eigenvalue weighted by Gasteiger charge is 2.39. The summed E-state index contributed by atoms with van der Waals surface area (Å²) in [4.78, 5) is 1.60. The van der Waals surface area contributed by atoms with Crippen molar-refractivity contribution in [1.29, 1.82) is 0 Å². The Kier molecular flexibility index (Phi) is 7.52. The fourth-order valence-electron chi connectivity index (χ4n) is 2.90. The Morgan fingerprint density at radius 3 is 2.08 bits per heavy atom. The lowest BCUT2D eigenvalue weighted by molar-refractivity contribution is -0.142. The number of nitrogens with one attached hydrogen (secondary N) is 1. The van der Waals surface area contributed by atoms with Gasteiger partial charge in [0, 0.05) is 32.2 Å². The van der Waals surface area contributed by atoms with Crippen molar-refractivity contribution in [1.82, 2.24) is 10.2 Å². The van der Waals surface area contributed by atoms with Gasteiger partial charge in [-0.3, -0.25) is 9.29 Å². The molecule has 1 aromatic rings. The first-order valence-electron chi connectivity index (χ1n) is 7.43. The van der Waals surface area contributed by atoms with Crippen LogP contribution in [0.2, 0.25) is 0 Å². The first-order valence-corrected chi connectivity index (χ1v) is 7.43. The van der Waals surface area contributed by atoms with Gasteiger partial charge >= 0.3 is 12.4 Å². The zero-order valence-corrected chi connectivity index (χ0v) is 13.9. The van der Waals surface area contributed by atoms with Crippen LogP contribution in [0.15, 0.2) is 18.2 Å². The van der Waals surface area contributed by atoms with E-state index in [9.17, 15) is 30.7 Å². The van der Waals surface area contributed by atoms with Crippen LogP contribution in [0.3, 0.4) is 0 Å². The van der Waals surface area contributed by atoms with E-state index in [-0.39, 0.29) is 18.8 Å². The molecule has 2 rings (SSSR count). The summed E-state index contributed by atoms with van der Waals surface area (Å²) in [5.74, 6) is 0. The van der Waals surface area contributed by atoms with Gasteiger partial charge in [0.1, 0.15) is 0 Å². The van der Waals surface area contributed by atoms with E-state index in [1.165, 1.54) is 0 Å². The van der Waals surface area contributed by atoms with E-state index in [2.05, 4.69) is 5.32 Å². The lowest BCUT2D eigenvalue weighted by Crippen LogP contribution is -2.45. The molecule has 0 saturated carbocycles. The molecule has 1 fully saturated rings. The van der Waals surface area contributed by atoms with Crippen molar-refractivity contribution >= 4 is 12.4 Å². The summed E-state index contributed by atoms with van der Waals surface area (Å²) in [5.41, 5.74) is -2.83. The molecule has 1 N–H and O–H groups in total. The molecule has 1 saturated heterocycles. The molecule has 0 radical (unpaired) electrons. The number of alkyl halides is 7. The second kappa shape index (κ2) is 8.55. The highest BCUT2D eigenvalue weighted by molar-refractivity contribution is 5.85. The van der Waals surface area contributed by atoms with Crippen LogP contribution in [0.4, 0.5) is 30.7 Å². The molecule has 1 aliphatic rings. The van der Waals surface area contributed by atoms with Crippen LogP contribution in [-0.4, -0.2) is 37.8 Å². The third kappa shape index (κ3) is 5.46. The van der Waals surface area contributed by atoms with E-state index in [1.54, 1.807) is 4.90 Å². The largest absolute Gasteiger partial charge is 0.416 e. The van der Waals surface area contributed by atoms with Crippen LogP contribution in [0, 0.1) is 0 Å². The topological polar surface area (TPSA) is 15.3 Å². The Balaban J connectivity index is 0.00000312. The standard InChI is InChI=1S/C15H17F7N2.ClH/c16-4-3-13(24-7-5-23-6-8-24)11-9-10(14(17,18)19)1-2-12(11)15(20,21)22;/h1-2,9,13,23H,3-8H2;1H/t13-;/m1./s1. The average Bonchev–Trinajstić information content (AvgIpc) is 2.51. The van der Waals surface area contributed by atoms with E-state index in [0.717, 1.165) is 0 Å². The van der Waals surface area contributed by atoms with Gasteiger partial charge in [-0.2, -0.15) is 26.3 Å². The quantitative estimate of drug-likeness (QED) is 0.759. The number of hydrogen-bond donors (Lipinski definition) is 1. The number of halogens is 8. The minimum absolute atomic E-state index is 0. The lowest BCUT2D eigenvalue weighted by Gasteiger charge is -2.36. The average molecular weight is 395 g/mol. The molecule has 0 unspecified atom stereocenters. The maximum absolute atomic E-state index is 13.2. The zero-order chi connectivity index (χ0) is 18.0. The molecule has 144 valence electrons. The third-order valence-corrected chi connectivity index (χ3v) is 4.02. The molecule has 1 heterocycles. The highest BCUT2D eigenvalue weighted by atomic mass is 35.5. The van der Waals surface area contributed by atoms with Crippen molar-refractivity contribution < 1.29 is 30.7 Å². The van der Waals surface area contributed by atoms with Crippen LogP contribution < -0.4 is 5.32 Å². The molecule has 0 spiro atoms. The van der Waals surface area contributed by atoms with Crippen LogP contribution in [-0.2, 0) is 12.4 Å². The molecule has 10 heteroatoms. The minimum Gasteiger partial charge on any atom is -0.314 e. The maximum Gasteiger partial charge on any atom is 0.416 e. The van der Waals surface area contributed by atoms with Gasteiger partial charge in [-0.25, -0.2) is 0 Å². The lowest BCUT2D eigenvalue weighted by atomic mass is 9.93. The van der Waals surface area contributed by atoms with Gasteiger partial charge in [-0.05, 0) is 30.2 Å². The molecular weight excluding hydrogens is 377 g/mol. The van der Waals surface area contributed by atoms with E-state index in [4.69, 9.17) is 0 Å². The Morgan fingerprint density at radius 1 is 1.00 bits per heavy atom. The Morgan fingerprint density at radius 2 is 1.60 bits per heavy atom. The molecular formula is C15H18ClF7N2. The fourth-order valence-corrected chi connectivity index (χ4v) is 2.90. The minimum atomic E-state index is -4.80. The van der Waals surface area contributed by atoms with Crippen molar-refractivity contribution in [3.63, 3.8) is 0 Å². The predicted molar refractivity (Wildman–Crippen MR) is 81.5 cm³/mol. The fraction of sp³-hybridized carbons (Fsp3) is 0.600. The van der Waals surface area contributed by atoms with Crippen LogP contribution in [0.25, 0.3) is 0 Å². The molecule has 0 amide bonds. The summed E-state index contributed by atoms with van der Waals surface area (Å²) in [5, 5.41) is 3.01. The Hall–Kier alpha value is -1.06. The summed E-state index contributed by atoms with van der Waals surface area (Å²) in [6.45, 7) is 0.755. The Bertz CT molecular complexity index is 554. The third-order valence-electron chi connectivity index (χ3n) is 4.02. The predicted octanol–water partition coefficient (Wildman–Crippen LogP) is 4.45. The smallest absolute Gasteiger partial charge is 0.314 e. The summed E-state index contributed by atoms with van der Waals surface area (Å²) in [7, 11) is 0. The van der Waals surface area contributed by atoms with E-state index in [0.29, 0.717) is 44.4 Å². The van der Waals surface area contributed by atoms with Gasteiger partial charge in [-0.15, -0.1) is 12.4 Å². The molecule has 1 aromatic carbocycles. The molecule has 1 atom stereocenters. The van der Waals surface area contributed by atoms with Crippen molar-refractivity contribution in [2.75, 3.05) is 32.9 Å². The highest BCUT2D eigenvalue weighted by Crippen LogP contribution is 2.41. The molecule has 1 aliphatic heterocycles. The van der Waals surface area contributed by atoms with Crippen molar-refractivity contribution in [2.45, 2.75) is 24.8 Å². The van der Waals surface area contributed by atoms with Crippen LogP contribution in [0.1, 0.15) is 29.2 Å². The van der Waals surface area contributed by atoms with E-state index < -0.39 is 41.8 Å². The number of piperazine rings is 1. The first-order chi connectivity index (χ1) is 11.1. The second-order valence-corrected chi connectivity index (χ2v) is 5.58. The van der Waals surface area contributed by atoms with Crippen molar-refractivity contribution in [2.24, 2.45) is 0 Å². The first kappa shape index (κ1) is 22.0. The number of nitrogens with zero attached hydrogens (tertiary/aromatic N) is 1. The van der Waals surface area contributed by atoms with Gasteiger partial charge in [0.2, 0.25) is 0 Å². The molecule has 0 aliphatic carbocycles.